The van der Waals surface area contributed by atoms with E-state index in [1.165, 1.54) is 18.0 Å². The Kier molecular flexibility index (Phi) is 5.70. The lowest BCUT2D eigenvalue weighted by atomic mass is 10.2. The summed E-state index contributed by atoms with van der Waals surface area (Å²) in [4.78, 5) is 26.4. The van der Waals surface area contributed by atoms with Crippen molar-refractivity contribution >= 4 is 23.6 Å². The number of oxazole rings is 1. The van der Waals surface area contributed by atoms with Gasteiger partial charge in [-0.2, -0.15) is 11.8 Å². The van der Waals surface area contributed by atoms with Crippen LogP contribution in [-0.2, 0) is 16.0 Å². The van der Waals surface area contributed by atoms with Gasteiger partial charge < -0.3 is 14.8 Å². The monoisotopic (exact) mass is 272 g/mol. The molecule has 0 aliphatic heterocycles. The van der Waals surface area contributed by atoms with E-state index >= 15 is 0 Å². The number of nitrogens with zero attached hydrogens (tertiary/aromatic N) is 1. The van der Waals surface area contributed by atoms with Crippen LogP contribution in [0, 0.1) is 6.92 Å². The molecule has 0 bridgehead atoms. The van der Waals surface area contributed by atoms with Gasteiger partial charge in [0.05, 0.1) is 6.20 Å². The zero-order valence-corrected chi connectivity index (χ0v) is 11.1. The molecule has 0 spiro atoms. The van der Waals surface area contributed by atoms with Crippen molar-refractivity contribution in [2.24, 2.45) is 0 Å². The summed E-state index contributed by atoms with van der Waals surface area (Å²) >= 11 is 1.54. The van der Waals surface area contributed by atoms with Gasteiger partial charge in [-0.05, 0) is 25.4 Å². The van der Waals surface area contributed by atoms with Crippen molar-refractivity contribution in [3.05, 3.63) is 17.8 Å². The second kappa shape index (κ2) is 7.05. The minimum Gasteiger partial charge on any atom is -0.480 e. The molecule has 0 fully saturated rings. The van der Waals surface area contributed by atoms with Crippen molar-refractivity contribution in [3.8, 4) is 0 Å². The zero-order chi connectivity index (χ0) is 13.5. The Morgan fingerprint density at radius 3 is 2.83 bits per heavy atom. The van der Waals surface area contributed by atoms with Crippen LogP contribution in [-0.4, -0.2) is 40.0 Å². The van der Waals surface area contributed by atoms with Crippen LogP contribution in [0.5, 0.6) is 0 Å². The van der Waals surface area contributed by atoms with E-state index in [1.54, 1.807) is 6.92 Å². The molecule has 1 amide bonds. The molecule has 1 aromatic rings. The molecule has 1 aromatic heterocycles. The molecular formula is C11H16N2O4S. The van der Waals surface area contributed by atoms with Crippen LogP contribution in [0.4, 0.5) is 0 Å². The lowest BCUT2D eigenvalue weighted by Crippen LogP contribution is -2.41. The average Bonchev–Trinajstić information content (AvgIpc) is 2.69. The number of carboxylic acids is 1. The first-order valence-electron chi connectivity index (χ1n) is 5.45. The van der Waals surface area contributed by atoms with E-state index in [0.29, 0.717) is 23.8 Å². The van der Waals surface area contributed by atoms with Crippen LogP contribution < -0.4 is 5.32 Å². The highest BCUT2D eigenvalue weighted by molar-refractivity contribution is 7.98. The molecule has 0 unspecified atom stereocenters. The summed E-state index contributed by atoms with van der Waals surface area (Å²) in [6.07, 6.45) is 3.75. The number of hydrogen-bond donors (Lipinski definition) is 2. The van der Waals surface area contributed by atoms with Crippen molar-refractivity contribution in [1.82, 2.24) is 10.3 Å². The lowest BCUT2D eigenvalue weighted by Gasteiger charge is -2.13. The van der Waals surface area contributed by atoms with Gasteiger partial charge in [0.1, 0.15) is 18.2 Å². The van der Waals surface area contributed by atoms with Crippen LogP contribution in [0.3, 0.4) is 0 Å². The highest BCUT2D eigenvalue weighted by Gasteiger charge is 2.20. The second-order valence-corrected chi connectivity index (χ2v) is 4.77. The number of amides is 1. The number of rotatable bonds is 7. The van der Waals surface area contributed by atoms with Gasteiger partial charge in [0.25, 0.3) is 0 Å². The van der Waals surface area contributed by atoms with Crippen molar-refractivity contribution in [1.29, 1.82) is 0 Å². The number of aromatic nitrogens is 1. The van der Waals surface area contributed by atoms with Gasteiger partial charge in [-0.25, -0.2) is 9.78 Å². The number of carbonyl (C=O) groups is 2. The molecule has 1 rings (SSSR count). The maximum atomic E-state index is 11.6. The molecule has 2 N–H and O–H groups in total. The van der Waals surface area contributed by atoms with Gasteiger partial charge in [-0.3, -0.25) is 4.79 Å². The number of hydrogen-bond acceptors (Lipinski definition) is 5. The molecule has 0 radical (unpaired) electrons. The number of carboxylic acid groups (broad SMARTS) is 1. The summed E-state index contributed by atoms with van der Waals surface area (Å²) in [6.45, 7) is 1.73. The highest BCUT2D eigenvalue weighted by Crippen LogP contribution is 2.04. The lowest BCUT2D eigenvalue weighted by molar-refractivity contribution is -0.141. The van der Waals surface area contributed by atoms with Crippen molar-refractivity contribution in [2.45, 2.75) is 25.8 Å². The van der Waals surface area contributed by atoms with Crippen LogP contribution in [0.25, 0.3) is 0 Å². The second-order valence-electron chi connectivity index (χ2n) is 3.78. The third-order valence-electron chi connectivity index (χ3n) is 2.22. The Morgan fingerprint density at radius 2 is 2.33 bits per heavy atom. The fourth-order valence-corrected chi connectivity index (χ4v) is 1.83. The smallest absolute Gasteiger partial charge is 0.326 e. The SMILES string of the molecule is CSCC[C@H](NC(=O)Cc1ncc(C)o1)C(=O)O. The molecular weight excluding hydrogens is 256 g/mol. The predicted molar refractivity (Wildman–Crippen MR) is 67.5 cm³/mol. The van der Waals surface area contributed by atoms with Crippen molar-refractivity contribution in [3.63, 3.8) is 0 Å². The molecule has 0 aromatic carbocycles. The number of aliphatic carboxylic acids is 1. The van der Waals surface area contributed by atoms with Crippen LogP contribution >= 0.6 is 11.8 Å². The highest BCUT2D eigenvalue weighted by atomic mass is 32.2. The van der Waals surface area contributed by atoms with E-state index in [2.05, 4.69) is 10.3 Å². The summed E-state index contributed by atoms with van der Waals surface area (Å²) in [7, 11) is 0. The van der Waals surface area contributed by atoms with Crippen molar-refractivity contribution < 1.29 is 19.1 Å². The number of aryl methyl sites for hydroxylation is 1. The van der Waals surface area contributed by atoms with Gasteiger partial charge in [0, 0.05) is 0 Å². The van der Waals surface area contributed by atoms with E-state index in [1.807, 2.05) is 6.26 Å². The van der Waals surface area contributed by atoms with Gasteiger partial charge in [-0.15, -0.1) is 0 Å². The maximum absolute atomic E-state index is 11.6. The number of carbonyl (C=O) groups excluding carboxylic acids is 1. The Hall–Kier alpha value is -1.50. The summed E-state index contributed by atoms with van der Waals surface area (Å²) < 4.78 is 5.15. The Labute approximate surface area is 109 Å². The van der Waals surface area contributed by atoms with Crippen LogP contribution in [0.1, 0.15) is 18.1 Å². The molecule has 18 heavy (non-hydrogen) atoms. The van der Waals surface area contributed by atoms with Crippen LogP contribution in [0.15, 0.2) is 10.6 Å². The molecule has 0 aliphatic carbocycles. The summed E-state index contributed by atoms with van der Waals surface area (Å²) in [5.74, 6) is 0.162. The van der Waals surface area contributed by atoms with Crippen molar-refractivity contribution in [2.75, 3.05) is 12.0 Å². The molecule has 1 heterocycles. The first kappa shape index (κ1) is 14.6. The predicted octanol–water partition coefficient (Wildman–Crippen LogP) is 0.848. The van der Waals surface area contributed by atoms with Gasteiger partial charge in [-0.1, -0.05) is 0 Å². The number of nitrogens with one attached hydrogen (secondary N) is 1. The molecule has 6 nitrogen and oxygen atoms in total. The summed E-state index contributed by atoms with van der Waals surface area (Å²) in [5, 5.41) is 11.4. The van der Waals surface area contributed by atoms with E-state index in [9.17, 15) is 9.59 Å². The zero-order valence-electron chi connectivity index (χ0n) is 10.3. The molecule has 1 atom stereocenters. The molecule has 7 heteroatoms. The Morgan fingerprint density at radius 1 is 1.61 bits per heavy atom. The molecule has 100 valence electrons. The number of thioether (sulfide) groups is 1. The molecule has 0 aliphatic rings. The van der Waals surface area contributed by atoms with Crippen LogP contribution in [0.2, 0.25) is 0 Å². The van der Waals surface area contributed by atoms with Gasteiger partial charge in [0.2, 0.25) is 11.8 Å². The standard InChI is InChI=1S/C11H16N2O4S/c1-7-6-12-10(17-7)5-9(14)13-8(11(15)16)3-4-18-2/h6,8H,3-5H2,1-2H3,(H,13,14)(H,15,16)/t8-/m0/s1. The molecule has 0 saturated heterocycles. The van der Waals surface area contributed by atoms with Gasteiger partial charge in [0.15, 0.2) is 0 Å². The largest absolute Gasteiger partial charge is 0.480 e. The third kappa shape index (κ3) is 4.79. The first-order valence-corrected chi connectivity index (χ1v) is 6.84. The quantitative estimate of drug-likeness (QED) is 0.764. The fraction of sp³-hybridized carbons (Fsp3) is 0.545. The summed E-state index contributed by atoms with van der Waals surface area (Å²) in [5.41, 5.74) is 0. The van der Waals surface area contributed by atoms with E-state index in [4.69, 9.17) is 9.52 Å². The Balaban J connectivity index is 2.48. The van der Waals surface area contributed by atoms with E-state index in [0.717, 1.165) is 0 Å². The minimum atomic E-state index is -1.03. The first-order chi connectivity index (χ1) is 8.52. The fourth-order valence-electron chi connectivity index (χ4n) is 1.36. The van der Waals surface area contributed by atoms with Gasteiger partial charge >= 0.3 is 5.97 Å². The normalized spacial score (nSPS) is 12.1. The molecule has 0 saturated carbocycles. The topological polar surface area (TPSA) is 92.4 Å². The summed E-state index contributed by atoms with van der Waals surface area (Å²) in [6, 6.07) is -0.860. The van der Waals surface area contributed by atoms with E-state index < -0.39 is 17.9 Å². The minimum absolute atomic E-state index is 0.0448. The maximum Gasteiger partial charge on any atom is 0.326 e. The van der Waals surface area contributed by atoms with E-state index in [-0.39, 0.29) is 6.42 Å². The Bertz CT molecular complexity index is 419. The third-order valence-corrected chi connectivity index (χ3v) is 2.87. The average molecular weight is 272 g/mol.